The average Bonchev–Trinajstić information content (AvgIpc) is 3.25. The van der Waals surface area contributed by atoms with Crippen molar-refractivity contribution >= 4 is 18.1 Å². The van der Waals surface area contributed by atoms with E-state index in [1.165, 1.54) is 58.9 Å². The van der Waals surface area contributed by atoms with Crippen LogP contribution in [0.4, 0.5) is 0 Å². The first kappa shape index (κ1) is 33.2. The molecule has 46 heavy (non-hydrogen) atoms. The number of esters is 1. The largest absolute Gasteiger partial charge is 0.491 e. The maximum atomic E-state index is 12.1. The number of hydrogen-bond acceptors (Lipinski definition) is 5. The van der Waals surface area contributed by atoms with E-state index in [9.17, 15) is 4.79 Å². The van der Waals surface area contributed by atoms with Gasteiger partial charge in [-0.3, -0.25) is 0 Å². The molecule has 2 atom stereocenters. The van der Waals surface area contributed by atoms with Gasteiger partial charge >= 0.3 is 5.97 Å². The van der Waals surface area contributed by atoms with E-state index >= 15 is 0 Å². The van der Waals surface area contributed by atoms with Gasteiger partial charge in [0.25, 0.3) is 0 Å². The molecule has 0 aromatic heterocycles. The lowest BCUT2D eigenvalue weighted by molar-refractivity contribution is -0.154. The molecule has 0 bridgehead atoms. The minimum absolute atomic E-state index is 0.197. The second-order valence-electron chi connectivity index (χ2n) is 11.7. The van der Waals surface area contributed by atoms with Crippen molar-refractivity contribution in [2.45, 2.75) is 64.6 Å². The molecule has 5 rings (SSSR count). The summed E-state index contributed by atoms with van der Waals surface area (Å²) in [6, 6.07) is 31.9. The van der Waals surface area contributed by atoms with Crippen LogP contribution >= 0.6 is 0 Å². The van der Waals surface area contributed by atoms with E-state index in [0.29, 0.717) is 26.2 Å². The second kappa shape index (κ2) is 16.9. The number of hydrogen-bond donors (Lipinski definition) is 0. The molecule has 240 valence electrons. The summed E-state index contributed by atoms with van der Waals surface area (Å²) in [5, 5.41) is 0. The molecule has 0 spiro atoms. The van der Waals surface area contributed by atoms with Gasteiger partial charge in [-0.05, 0) is 89.2 Å². The first-order valence-electron chi connectivity index (χ1n) is 16.6. The van der Waals surface area contributed by atoms with E-state index in [1.807, 2.05) is 24.3 Å². The fourth-order valence-corrected chi connectivity index (χ4v) is 6.03. The van der Waals surface area contributed by atoms with E-state index in [2.05, 4.69) is 85.8 Å². The number of methoxy groups -OCH3 is 1. The van der Waals surface area contributed by atoms with E-state index in [-0.39, 0.29) is 12.1 Å². The molecule has 0 heterocycles. The Morgan fingerprint density at radius 3 is 2.33 bits per heavy atom. The van der Waals surface area contributed by atoms with Crippen LogP contribution in [0.15, 0.2) is 91.0 Å². The van der Waals surface area contributed by atoms with Gasteiger partial charge in [0, 0.05) is 13.5 Å². The summed E-state index contributed by atoms with van der Waals surface area (Å²) in [7, 11) is 1.52. The Kier molecular flexibility index (Phi) is 12.2. The molecule has 4 aromatic rings. The second-order valence-corrected chi connectivity index (χ2v) is 11.7. The quantitative estimate of drug-likeness (QED) is 0.0930. The highest BCUT2D eigenvalue weighted by Gasteiger charge is 2.24. The van der Waals surface area contributed by atoms with Crippen molar-refractivity contribution in [3.63, 3.8) is 0 Å². The molecule has 5 heteroatoms. The molecule has 5 nitrogen and oxygen atoms in total. The molecule has 0 amide bonds. The van der Waals surface area contributed by atoms with Gasteiger partial charge in [-0.1, -0.05) is 104 Å². The maximum Gasteiger partial charge on any atom is 0.335 e. The normalized spacial score (nSPS) is 14.2. The van der Waals surface area contributed by atoms with Gasteiger partial charge in [-0.2, -0.15) is 0 Å². The SMILES string of the molecule is CCCCc1ccc2c(c1)C=Cc1c(CCc3ccccc3)cccc1C2OCCOc1ccc(CC(OC)C(=O)OCC)cc1. The van der Waals surface area contributed by atoms with E-state index in [4.69, 9.17) is 18.9 Å². The minimum atomic E-state index is -0.624. The van der Waals surface area contributed by atoms with Crippen molar-refractivity contribution < 1.29 is 23.7 Å². The highest BCUT2D eigenvalue weighted by molar-refractivity contribution is 5.78. The number of fused-ring (bicyclic) bond motifs is 2. The molecule has 0 fully saturated rings. The van der Waals surface area contributed by atoms with Gasteiger partial charge in [-0.25, -0.2) is 4.79 Å². The first-order chi connectivity index (χ1) is 22.6. The number of carbonyl (C=O) groups excluding carboxylic acids is 1. The van der Waals surface area contributed by atoms with Crippen LogP contribution in [0, 0.1) is 0 Å². The Hall–Kier alpha value is -4.19. The van der Waals surface area contributed by atoms with Crippen molar-refractivity contribution in [3.8, 4) is 5.75 Å². The molecule has 0 radical (unpaired) electrons. The predicted octanol–water partition coefficient (Wildman–Crippen LogP) is 8.60. The van der Waals surface area contributed by atoms with Crippen LogP contribution in [0.25, 0.3) is 12.2 Å². The van der Waals surface area contributed by atoms with Gasteiger partial charge in [0.05, 0.1) is 13.2 Å². The van der Waals surface area contributed by atoms with Crippen LogP contribution in [0.5, 0.6) is 5.75 Å². The lowest BCUT2D eigenvalue weighted by Crippen LogP contribution is -2.27. The number of unbranched alkanes of at least 4 members (excludes halogenated alkanes) is 1. The number of benzene rings is 4. The molecule has 0 aliphatic heterocycles. The van der Waals surface area contributed by atoms with Gasteiger partial charge in [-0.15, -0.1) is 0 Å². The van der Waals surface area contributed by atoms with Gasteiger partial charge in [0.1, 0.15) is 18.5 Å². The molecule has 0 saturated heterocycles. The molecule has 1 aliphatic rings. The summed E-state index contributed by atoms with van der Waals surface area (Å²) in [4.78, 5) is 12.1. The summed E-state index contributed by atoms with van der Waals surface area (Å²) >= 11 is 0. The lowest BCUT2D eigenvalue weighted by atomic mass is 9.91. The van der Waals surface area contributed by atoms with Crippen LogP contribution < -0.4 is 4.74 Å². The van der Waals surface area contributed by atoms with Crippen molar-refractivity contribution in [1.29, 1.82) is 0 Å². The summed E-state index contributed by atoms with van der Waals surface area (Å²) < 4.78 is 23.2. The minimum Gasteiger partial charge on any atom is -0.491 e. The Balaban J connectivity index is 1.29. The van der Waals surface area contributed by atoms with Gasteiger partial charge < -0.3 is 18.9 Å². The molecule has 0 saturated carbocycles. The highest BCUT2D eigenvalue weighted by atomic mass is 16.6. The Morgan fingerprint density at radius 1 is 0.761 bits per heavy atom. The Morgan fingerprint density at radius 2 is 1.57 bits per heavy atom. The smallest absolute Gasteiger partial charge is 0.335 e. The number of rotatable bonds is 16. The highest BCUT2D eigenvalue weighted by Crippen LogP contribution is 2.37. The molecule has 1 aliphatic carbocycles. The molecule has 4 aromatic carbocycles. The van der Waals surface area contributed by atoms with Crippen molar-refractivity contribution in [3.05, 3.63) is 136 Å². The van der Waals surface area contributed by atoms with Crippen LogP contribution in [-0.4, -0.2) is 39.0 Å². The lowest BCUT2D eigenvalue weighted by Gasteiger charge is -2.23. The summed E-state index contributed by atoms with van der Waals surface area (Å²) in [5.41, 5.74) is 9.88. The fourth-order valence-electron chi connectivity index (χ4n) is 6.03. The summed E-state index contributed by atoms with van der Waals surface area (Å²) in [5.74, 6) is 0.407. The summed E-state index contributed by atoms with van der Waals surface area (Å²) in [6.45, 7) is 5.21. The van der Waals surface area contributed by atoms with Crippen LogP contribution in [0.1, 0.15) is 77.3 Å². The molecular formula is C41H46O5. The molecule has 0 N–H and O–H groups in total. The third kappa shape index (κ3) is 8.74. The molecular weight excluding hydrogens is 572 g/mol. The van der Waals surface area contributed by atoms with Crippen molar-refractivity contribution in [2.24, 2.45) is 0 Å². The van der Waals surface area contributed by atoms with E-state index < -0.39 is 6.10 Å². The summed E-state index contributed by atoms with van der Waals surface area (Å²) in [6.07, 6.45) is 9.59. The average molecular weight is 619 g/mol. The fraction of sp³-hybridized carbons (Fsp3) is 0.341. The van der Waals surface area contributed by atoms with E-state index in [1.54, 1.807) is 6.92 Å². The van der Waals surface area contributed by atoms with Gasteiger partial charge in [0.2, 0.25) is 0 Å². The first-order valence-corrected chi connectivity index (χ1v) is 16.6. The topological polar surface area (TPSA) is 54.0 Å². The van der Waals surface area contributed by atoms with E-state index in [0.717, 1.165) is 30.6 Å². The third-order valence-electron chi connectivity index (χ3n) is 8.54. The zero-order chi connectivity index (χ0) is 32.1. The number of aryl methyl sites for hydroxylation is 3. The standard InChI is InChI=1S/C41H46O5/c1-4-6-11-31-19-24-37-34(28-31)21-25-36-33(20-16-30-12-8-7-9-13-30)14-10-15-38(36)40(37)46-27-26-45-35-22-17-32(18-23-35)29-39(43-3)41(42)44-5-2/h7-10,12-15,17-19,21-25,28,39-40H,4-6,11,16,20,26-27,29H2,1-3H3. The number of carbonyl (C=O) groups is 1. The predicted molar refractivity (Wildman–Crippen MR) is 185 cm³/mol. The zero-order valence-corrected chi connectivity index (χ0v) is 27.4. The molecule has 2 unspecified atom stereocenters. The van der Waals surface area contributed by atoms with Gasteiger partial charge in [0.15, 0.2) is 6.10 Å². The van der Waals surface area contributed by atoms with Crippen molar-refractivity contribution in [1.82, 2.24) is 0 Å². The number of ether oxygens (including phenoxy) is 4. The zero-order valence-electron chi connectivity index (χ0n) is 27.4. The monoisotopic (exact) mass is 618 g/mol. The maximum absolute atomic E-state index is 12.1. The third-order valence-corrected chi connectivity index (χ3v) is 8.54. The Labute approximate surface area is 274 Å². The van der Waals surface area contributed by atoms with Crippen LogP contribution in [0.2, 0.25) is 0 Å². The Bertz CT molecular complexity index is 1570. The van der Waals surface area contributed by atoms with Crippen LogP contribution in [-0.2, 0) is 44.7 Å². The van der Waals surface area contributed by atoms with Crippen LogP contribution in [0.3, 0.4) is 0 Å². The van der Waals surface area contributed by atoms with Crippen molar-refractivity contribution in [2.75, 3.05) is 26.9 Å².